The van der Waals surface area contributed by atoms with Crippen LogP contribution in [0.15, 0.2) is 11.4 Å². The van der Waals surface area contributed by atoms with Gasteiger partial charge >= 0.3 is 0 Å². The van der Waals surface area contributed by atoms with Gasteiger partial charge in [-0.05, 0) is 13.2 Å². The second-order valence-electron chi connectivity index (χ2n) is 1.79. The van der Waals surface area contributed by atoms with Crippen LogP contribution >= 0.6 is 23.4 Å². The van der Waals surface area contributed by atoms with Gasteiger partial charge in [0.2, 0.25) is 0 Å². The number of rotatable bonds is 1. The third-order valence-corrected chi connectivity index (χ3v) is 2.01. The SMILES string of the molecule is CC.CSc1ncc(Cl)c(C)n1. The van der Waals surface area contributed by atoms with Crippen molar-refractivity contribution in [1.29, 1.82) is 0 Å². The van der Waals surface area contributed by atoms with E-state index >= 15 is 0 Å². The first kappa shape index (κ1) is 11.7. The van der Waals surface area contributed by atoms with Crippen LogP contribution < -0.4 is 0 Å². The number of aryl methyl sites for hydroxylation is 1. The van der Waals surface area contributed by atoms with Crippen molar-refractivity contribution in [2.45, 2.75) is 25.9 Å². The maximum Gasteiger partial charge on any atom is 0.187 e. The number of hydrogen-bond acceptors (Lipinski definition) is 3. The Labute approximate surface area is 82.8 Å². The summed E-state index contributed by atoms with van der Waals surface area (Å²) < 4.78 is 0. The highest BCUT2D eigenvalue weighted by molar-refractivity contribution is 7.98. The normalized spacial score (nSPS) is 8.75. The van der Waals surface area contributed by atoms with Crippen LogP contribution in [0.25, 0.3) is 0 Å². The van der Waals surface area contributed by atoms with Crippen LogP contribution in [0.1, 0.15) is 19.5 Å². The second-order valence-corrected chi connectivity index (χ2v) is 2.97. The van der Waals surface area contributed by atoms with Gasteiger partial charge in [-0.25, -0.2) is 9.97 Å². The zero-order valence-corrected chi connectivity index (χ0v) is 9.33. The molecule has 1 heterocycles. The third-order valence-electron chi connectivity index (χ3n) is 1.08. The summed E-state index contributed by atoms with van der Waals surface area (Å²) in [7, 11) is 0. The summed E-state index contributed by atoms with van der Waals surface area (Å²) >= 11 is 7.21. The molecule has 0 amide bonds. The quantitative estimate of drug-likeness (QED) is 0.519. The molecule has 0 aliphatic carbocycles. The van der Waals surface area contributed by atoms with Crippen molar-refractivity contribution in [3.05, 3.63) is 16.9 Å². The highest BCUT2D eigenvalue weighted by atomic mass is 35.5. The van der Waals surface area contributed by atoms with E-state index in [9.17, 15) is 0 Å². The lowest BCUT2D eigenvalue weighted by Crippen LogP contribution is -1.88. The molecule has 1 rings (SSSR count). The minimum absolute atomic E-state index is 0.623. The fourth-order valence-corrected chi connectivity index (χ4v) is 1.01. The van der Waals surface area contributed by atoms with E-state index in [0.717, 1.165) is 10.9 Å². The summed E-state index contributed by atoms with van der Waals surface area (Å²) in [6.07, 6.45) is 3.55. The van der Waals surface area contributed by atoms with Crippen LogP contribution in [0.5, 0.6) is 0 Å². The number of halogens is 1. The monoisotopic (exact) mass is 204 g/mol. The molecule has 0 spiro atoms. The van der Waals surface area contributed by atoms with E-state index in [-0.39, 0.29) is 0 Å². The molecule has 0 N–H and O–H groups in total. The average Bonchev–Trinajstić information content (AvgIpc) is 2.13. The number of nitrogens with zero attached hydrogens (tertiary/aromatic N) is 2. The van der Waals surface area contributed by atoms with Crippen molar-refractivity contribution < 1.29 is 0 Å². The van der Waals surface area contributed by atoms with Crippen LogP contribution in [0.2, 0.25) is 5.02 Å². The molecule has 0 unspecified atom stereocenters. The predicted molar refractivity (Wildman–Crippen MR) is 54.9 cm³/mol. The van der Waals surface area contributed by atoms with Gasteiger partial charge in [-0.15, -0.1) is 0 Å². The molecule has 0 aliphatic rings. The lowest BCUT2D eigenvalue weighted by molar-refractivity contribution is 0.935. The van der Waals surface area contributed by atoms with E-state index < -0.39 is 0 Å². The molecule has 0 fully saturated rings. The summed E-state index contributed by atoms with van der Waals surface area (Å²) in [6, 6.07) is 0. The van der Waals surface area contributed by atoms with Gasteiger partial charge in [0.1, 0.15) is 0 Å². The lowest BCUT2D eigenvalue weighted by Gasteiger charge is -1.96. The minimum atomic E-state index is 0.623. The Balaban J connectivity index is 0.000000561. The third kappa shape index (κ3) is 3.41. The Kier molecular flexibility index (Phi) is 6.11. The van der Waals surface area contributed by atoms with Crippen LogP contribution in [0, 0.1) is 6.92 Å². The zero-order chi connectivity index (χ0) is 9.56. The Hall–Kier alpha value is -0.280. The molecule has 0 atom stereocenters. The van der Waals surface area contributed by atoms with Crippen LogP contribution in [0.3, 0.4) is 0 Å². The van der Waals surface area contributed by atoms with Gasteiger partial charge in [-0.2, -0.15) is 0 Å². The molecule has 0 bridgehead atoms. The fraction of sp³-hybridized carbons (Fsp3) is 0.500. The number of hydrogen-bond donors (Lipinski definition) is 0. The summed E-state index contributed by atoms with van der Waals surface area (Å²) in [6.45, 7) is 5.86. The van der Waals surface area contributed by atoms with Gasteiger partial charge in [-0.1, -0.05) is 37.2 Å². The lowest BCUT2D eigenvalue weighted by atomic mass is 10.5. The van der Waals surface area contributed by atoms with Crippen molar-refractivity contribution in [3.63, 3.8) is 0 Å². The Morgan fingerprint density at radius 1 is 1.42 bits per heavy atom. The number of aromatic nitrogens is 2. The Morgan fingerprint density at radius 3 is 2.42 bits per heavy atom. The van der Waals surface area contributed by atoms with E-state index in [1.807, 2.05) is 27.0 Å². The first-order chi connectivity index (χ1) is 5.74. The van der Waals surface area contributed by atoms with Gasteiger partial charge in [0.15, 0.2) is 5.16 Å². The standard InChI is InChI=1S/C6H7ClN2S.C2H6/c1-4-5(7)3-8-6(9-4)10-2;1-2/h3H,1-2H3;1-2H3. The van der Waals surface area contributed by atoms with Crippen molar-refractivity contribution >= 4 is 23.4 Å². The summed E-state index contributed by atoms with van der Waals surface area (Å²) in [5, 5.41) is 1.39. The predicted octanol–water partition coefficient (Wildman–Crippen LogP) is 3.19. The molecule has 1 aromatic heterocycles. The van der Waals surface area contributed by atoms with Crippen LogP contribution in [-0.2, 0) is 0 Å². The first-order valence-corrected chi connectivity index (χ1v) is 5.37. The maximum absolute atomic E-state index is 5.70. The van der Waals surface area contributed by atoms with Gasteiger partial charge in [-0.3, -0.25) is 0 Å². The highest BCUT2D eigenvalue weighted by Gasteiger charge is 1.97. The molecule has 0 aliphatic heterocycles. The molecule has 1 aromatic rings. The van der Waals surface area contributed by atoms with E-state index in [2.05, 4.69) is 9.97 Å². The minimum Gasteiger partial charge on any atom is -0.230 e. The first-order valence-electron chi connectivity index (χ1n) is 3.77. The highest BCUT2D eigenvalue weighted by Crippen LogP contribution is 2.14. The van der Waals surface area contributed by atoms with Crippen molar-refractivity contribution in [2.75, 3.05) is 6.26 Å². The molecule has 0 radical (unpaired) electrons. The van der Waals surface area contributed by atoms with Gasteiger partial charge in [0.25, 0.3) is 0 Å². The van der Waals surface area contributed by atoms with Gasteiger partial charge < -0.3 is 0 Å². The Bertz CT molecular complexity index is 240. The molecule has 68 valence electrons. The van der Waals surface area contributed by atoms with Gasteiger partial charge in [0, 0.05) is 0 Å². The molecule has 4 heteroatoms. The largest absolute Gasteiger partial charge is 0.230 e. The molecule has 12 heavy (non-hydrogen) atoms. The Morgan fingerprint density at radius 2 is 2.00 bits per heavy atom. The molecular formula is C8H13ClN2S. The fourth-order valence-electron chi connectivity index (χ4n) is 0.529. The van der Waals surface area contributed by atoms with Gasteiger partial charge in [0.05, 0.1) is 16.9 Å². The van der Waals surface area contributed by atoms with E-state index in [4.69, 9.17) is 11.6 Å². The summed E-state index contributed by atoms with van der Waals surface area (Å²) in [5.74, 6) is 0. The molecule has 0 aromatic carbocycles. The molecule has 0 saturated heterocycles. The van der Waals surface area contributed by atoms with Crippen molar-refractivity contribution in [2.24, 2.45) is 0 Å². The summed E-state index contributed by atoms with van der Waals surface area (Å²) in [5.41, 5.74) is 0.834. The molecule has 2 nitrogen and oxygen atoms in total. The smallest absolute Gasteiger partial charge is 0.187 e. The van der Waals surface area contributed by atoms with E-state index in [0.29, 0.717) is 5.02 Å². The van der Waals surface area contributed by atoms with Crippen molar-refractivity contribution in [1.82, 2.24) is 9.97 Å². The topological polar surface area (TPSA) is 25.8 Å². The average molecular weight is 205 g/mol. The van der Waals surface area contributed by atoms with E-state index in [1.165, 1.54) is 11.8 Å². The van der Waals surface area contributed by atoms with E-state index in [1.54, 1.807) is 6.20 Å². The van der Waals surface area contributed by atoms with Crippen molar-refractivity contribution in [3.8, 4) is 0 Å². The molecular weight excluding hydrogens is 192 g/mol. The zero-order valence-electron chi connectivity index (χ0n) is 7.76. The number of thioether (sulfide) groups is 1. The van der Waals surface area contributed by atoms with Crippen LogP contribution in [-0.4, -0.2) is 16.2 Å². The summed E-state index contributed by atoms with van der Waals surface area (Å²) in [4.78, 5) is 8.09. The molecule has 0 saturated carbocycles. The maximum atomic E-state index is 5.70. The second kappa shape index (κ2) is 6.26. The van der Waals surface area contributed by atoms with Crippen LogP contribution in [0.4, 0.5) is 0 Å².